The normalized spacial score (nSPS) is 14.4. The van der Waals surface area contributed by atoms with Crippen LogP contribution in [-0.4, -0.2) is 0 Å². The van der Waals surface area contributed by atoms with Crippen molar-refractivity contribution in [3.63, 3.8) is 0 Å². The molecule has 3 aromatic rings. The van der Waals surface area contributed by atoms with Gasteiger partial charge in [0.15, 0.2) is 5.82 Å². The number of pyridine rings is 1. The Morgan fingerprint density at radius 2 is 1.62 bits per heavy atom. The Kier molecular flexibility index (Phi) is 3.07. The molecule has 4 heteroatoms. The Morgan fingerprint density at radius 1 is 0.875 bits per heavy atom. The summed E-state index contributed by atoms with van der Waals surface area (Å²) in [5, 5.41) is 0. The minimum absolute atomic E-state index is 0.00799. The maximum Gasteiger partial charge on any atom is 0.299 e. The van der Waals surface area contributed by atoms with Crippen LogP contribution in [0.4, 0.5) is 13.2 Å². The standard InChI is InChI=1S/C20H15F3N/c1-12-9-16-14-5-3-4-6-17(14)20(22,23)18(16)10-15(12)19-8-7-13(21)11-24(19)2/h3-11H,1-2H3/q+1. The van der Waals surface area contributed by atoms with E-state index in [4.69, 9.17) is 0 Å². The number of halogens is 3. The van der Waals surface area contributed by atoms with Gasteiger partial charge in [0.1, 0.15) is 7.05 Å². The highest BCUT2D eigenvalue weighted by Crippen LogP contribution is 2.52. The molecule has 1 heterocycles. The number of hydrogen-bond donors (Lipinski definition) is 0. The quantitative estimate of drug-likeness (QED) is 0.568. The molecular formula is C20H15F3N+. The second kappa shape index (κ2) is 4.94. The number of nitrogens with zero attached hydrogens (tertiary/aromatic N) is 1. The predicted molar refractivity (Wildman–Crippen MR) is 86.2 cm³/mol. The largest absolute Gasteiger partial charge is 0.299 e. The van der Waals surface area contributed by atoms with Crippen molar-refractivity contribution in [1.82, 2.24) is 0 Å². The summed E-state index contributed by atoms with van der Waals surface area (Å²) in [6.45, 7) is 1.89. The van der Waals surface area contributed by atoms with Gasteiger partial charge in [0.2, 0.25) is 11.9 Å². The fourth-order valence-corrected chi connectivity index (χ4v) is 3.46. The molecule has 4 rings (SSSR count). The maximum absolute atomic E-state index is 14.9. The van der Waals surface area contributed by atoms with Gasteiger partial charge in [-0.3, -0.25) is 0 Å². The summed E-state index contributed by atoms with van der Waals surface area (Å²) in [6.07, 6.45) is 1.34. The molecule has 0 aliphatic heterocycles. The topological polar surface area (TPSA) is 3.88 Å². The third-order valence-corrected chi connectivity index (χ3v) is 4.63. The van der Waals surface area contributed by atoms with Gasteiger partial charge in [-0.2, -0.15) is 13.3 Å². The van der Waals surface area contributed by atoms with E-state index >= 15 is 0 Å². The number of hydrogen-bond acceptors (Lipinski definition) is 0. The molecule has 0 bridgehead atoms. The molecule has 0 saturated carbocycles. The van der Waals surface area contributed by atoms with Crippen molar-refractivity contribution in [2.24, 2.45) is 7.05 Å². The molecule has 0 amide bonds. The summed E-state index contributed by atoms with van der Waals surface area (Å²) in [7, 11) is 1.71. The predicted octanol–water partition coefficient (Wildman–Crippen LogP) is 4.75. The van der Waals surface area contributed by atoms with Crippen LogP contribution in [0, 0.1) is 12.7 Å². The highest BCUT2D eigenvalue weighted by atomic mass is 19.3. The van der Waals surface area contributed by atoms with E-state index < -0.39 is 5.92 Å². The van der Waals surface area contributed by atoms with Gasteiger partial charge in [0.25, 0.3) is 5.92 Å². The van der Waals surface area contributed by atoms with Crippen LogP contribution in [0.15, 0.2) is 54.7 Å². The molecule has 120 valence electrons. The third kappa shape index (κ3) is 1.99. The van der Waals surface area contributed by atoms with Crippen molar-refractivity contribution in [2.75, 3.05) is 0 Å². The zero-order valence-corrected chi connectivity index (χ0v) is 13.3. The number of aromatic nitrogens is 1. The van der Waals surface area contributed by atoms with Gasteiger partial charge in [-0.15, -0.1) is 0 Å². The van der Waals surface area contributed by atoms with Gasteiger partial charge in [0, 0.05) is 22.8 Å². The van der Waals surface area contributed by atoms with E-state index in [2.05, 4.69) is 0 Å². The van der Waals surface area contributed by atoms with E-state index in [1.165, 1.54) is 24.4 Å². The first-order valence-corrected chi connectivity index (χ1v) is 7.68. The first-order valence-electron chi connectivity index (χ1n) is 7.68. The van der Waals surface area contributed by atoms with Gasteiger partial charge in [-0.05, 0) is 35.7 Å². The lowest BCUT2D eigenvalue weighted by Crippen LogP contribution is -2.31. The minimum atomic E-state index is -3.02. The molecule has 0 fully saturated rings. The van der Waals surface area contributed by atoms with Crippen molar-refractivity contribution in [3.8, 4) is 22.4 Å². The second-order valence-corrected chi connectivity index (χ2v) is 6.18. The van der Waals surface area contributed by atoms with Gasteiger partial charge in [-0.25, -0.2) is 4.39 Å². The average Bonchev–Trinajstić information content (AvgIpc) is 2.75. The van der Waals surface area contributed by atoms with Crippen molar-refractivity contribution < 1.29 is 17.7 Å². The van der Waals surface area contributed by atoms with E-state index in [0.717, 1.165) is 5.56 Å². The van der Waals surface area contributed by atoms with E-state index in [-0.39, 0.29) is 16.9 Å². The second-order valence-electron chi connectivity index (χ2n) is 6.18. The van der Waals surface area contributed by atoms with Crippen LogP contribution in [0.3, 0.4) is 0 Å². The Bertz CT molecular complexity index is 977. The zero-order chi connectivity index (χ0) is 17.1. The third-order valence-electron chi connectivity index (χ3n) is 4.63. The average molecular weight is 326 g/mol. The zero-order valence-electron chi connectivity index (χ0n) is 13.3. The SMILES string of the molecule is Cc1cc2c(cc1-c1ccc(F)c[n+]1C)C(F)(F)c1ccccc1-2. The summed E-state index contributed by atoms with van der Waals surface area (Å²) in [6, 6.07) is 12.9. The van der Waals surface area contributed by atoms with Crippen LogP contribution >= 0.6 is 0 Å². The summed E-state index contributed by atoms with van der Waals surface area (Å²) in [4.78, 5) is 0. The number of alkyl halides is 2. The Hall–Kier alpha value is -2.62. The first kappa shape index (κ1) is 14.9. The van der Waals surface area contributed by atoms with Crippen LogP contribution in [0.5, 0.6) is 0 Å². The molecule has 0 N–H and O–H groups in total. The maximum atomic E-state index is 14.9. The fourth-order valence-electron chi connectivity index (χ4n) is 3.46. The molecule has 0 radical (unpaired) electrons. The number of rotatable bonds is 1. The summed E-state index contributed by atoms with van der Waals surface area (Å²) >= 11 is 0. The number of benzene rings is 2. The van der Waals surface area contributed by atoms with Crippen LogP contribution in [0.1, 0.15) is 16.7 Å². The van der Waals surface area contributed by atoms with Crippen molar-refractivity contribution in [2.45, 2.75) is 12.8 Å². The molecule has 2 aromatic carbocycles. The minimum Gasteiger partial charge on any atom is -0.200 e. The lowest BCUT2D eigenvalue weighted by molar-refractivity contribution is -0.661. The molecule has 1 aliphatic rings. The molecular weight excluding hydrogens is 311 g/mol. The van der Waals surface area contributed by atoms with Crippen molar-refractivity contribution in [3.05, 3.63) is 77.2 Å². The van der Waals surface area contributed by atoms with Gasteiger partial charge in [-0.1, -0.05) is 30.3 Å². The van der Waals surface area contributed by atoms with E-state index in [0.29, 0.717) is 22.4 Å². The molecule has 0 unspecified atom stereocenters. The van der Waals surface area contributed by atoms with E-state index in [9.17, 15) is 13.2 Å². The molecule has 1 aromatic heterocycles. The fraction of sp³-hybridized carbons (Fsp3) is 0.150. The van der Waals surface area contributed by atoms with Crippen molar-refractivity contribution >= 4 is 0 Å². The molecule has 1 nitrogen and oxygen atoms in total. The monoisotopic (exact) mass is 326 g/mol. The lowest BCUT2D eigenvalue weighted by atomic mass is 9.96. The molecule has 0 spiro atoms. The summed E-state index contributed by atoms with van der Waals surface area (Å²) in [5.41, 5.74) is 3.46. The number of aryl methyl sites for hydroxylation is 2. The Balaban J connectivity index is 1.98. The Morgan fingerprint density at radius 3 is 2.38 bits per heavy atom. The summed E-state index contributed by atoms with van der Waals surface area (Å²) in [5.74, 6) is -3.38. The van der Waals surface area contributed by atoms with Crippen LogP contribution < -0.4 is 4.57 Å². The van der Waals surface area contributed by atoms with Crippen LogP contribution in [0.25, 0.3) is 22.4 Å². The van der Waals surface area contributed by atoms with Gasteiger partial charge < -0.3 is 0 Å². The molecule has 24 heavy (non-hydrogen) atoms. The van der Waals surface area contributed by atoms with Crippen LogP contribution in [0.2, 0.25) is 0 Å². The van der Waals surface area contributed by atoms with Gasteiger partial charge >= 0.3 is 0 Å². The van der Waals surface area contributed by atoms with E-state index in [1.54, 1.807) is 41.9 Å². The molecule has 0 atom stereocenters. The van der Waals surface area contributed by atoms with Gasteiger partial charge in [0.05, 0.1) is 0 Å². The van der Waals surface area contributed by atoms with Crippen molar-refractivity contribution in [1.29, 1.82) is 0 Å². The first-order chi connectivity index (χ1) is 11.4. The smallest absolute Gasteiger partial charge is 0.200 e. The highest BCUT2D eigenvalue weighted by molar-refractivity contribution is 5.83. The number of fused-ring (bicyclic) bond motifs is 3. The Labute approximate surface area is 138 Å². The lowest BCUT2D eigenvalue weighted by Gasteiger charge is -2.14. The summed E-state index contributed by atoms with van der Waals surface area (Å²) < 4.78 is 44.7. The van der Waals surface area contributed by atoms with Crippen LogP contribution in [-0.2, 0) is 13.0 Å². The highest BCUT2D eigenvalue weighted by Gasteiger charge is 2.44. The molecule has 1 aliphatic carbocycles. The molecule has 0 saturated heterocycles. The van der Waals surface area contributed by atoms with E-state index in [1.807, 2.05) is 6.92 Å².